The minimum Gasteiger partial charge on any atom is -0.345 e. The van der Waals surface area contributed by atoms with Crippen LogP contribution in [0.2, 0.25) is 0 Å². The van der Waals surface area contributed by atoms with Gasteiger partial charge in [-0.05, 0) is 12.8 Å². The van der Waals surface area contributed by atoms with Crippen LogP contribution in [0.15, 0.2) is 0 Å². The van der Waals surface area contributed by atoms with Crippen molar-refractivity contribution in [2.24, 2.45) is 0 Å². The van der Waals surface area contributed by atoms with Crippen molar-refractivity contribution < 1.29 is 19.2 Å². The number of hydrazine groups is 1. The van der Waals surface area contributed by atoms with Gasteiger partial charge in [0, 0.05) is 6.04 Å². The Balaban J connectivity index is 1.66. The second-order valence-electron chi connectivity index (χ2n) is 4.32. The van der Waals surface area contributed by atoms with E-state index in [-0.39, 0.29) is 18.5 Å². The predicted molar refractivity (Wildman–Crippen MR) is 66.5 cm³/mol. The molecule has 0 aromatic carbocycles. The van der Waals surface area contributed by atoms with E-state index in [1.807, 2.05) is 5.43 Å². The average Bonchev–Trinajstić information content (AvgIpc) is 3.10. The third-order valence-electron chi connectivity index (χ3n) is 2.59. The fraction of sp³-hybridized carbons (Fsp3) is 0.600. The number of hydrogen-bond acceptors (Lipinski definition) is 5. The van der Waals surface area contributed by atoms with Crippen molar-refractivity contribution in [3.8, 4) is 0 Å². The molecule has 0 aromatic heterocycles. The molecule has 1 saturated carbocycles. The van der Waals surface area contributed by atoms with E-state index in [9.17, 15) is 19.2 Å². The molecule has 0 atom stereocenters. The highest BCUT2D eigenvalue weighted by atomic mass is 32.2. The molecule has 2 rings (SSSR count). The number of rotatable bonds is 3. The van der Waals surface area contributed by atoms with Crippen LogP contribution in [-0.2, 0) is 19.2 Å². The van der Waals surface area contributed by atoms with Crippen molar-refractivity contribution in [1.82, 2.24) is 21.1 Å². The normalized spacial score (nSPS) is 18.1. The summed E-state index contributed by atoms with van der Waals surface area (Å²) in [6.45, 7) is -0.129. The second-order valence-corrected chi connectivity index (χ2v) is 5.27. The highest BCUT2D eigenvalue weighted by Crippen LogP contribution is 2.18. The monoisotopic (exact) mass is 286 g/mol. The van der Waals surface area contributed by atoms with Crippen LogP contribution in [0.5, 0.6) is 0 Å². The minimum atomic E-state index is -0.914. The van der Waals surface area contributed by atoms with Crippen LogP contribution in [0.3, 0.4) is 0 Å². The Morgan fingerprint density at radius 3 is 2.53 bits per heavy atom. The highest BCUT2D eigenvalue weighted by Gasteiger charge is 2.27. The molecule has 0 bridgehead atoms. The largest absolute Gasteiger partial charge is 0.345 e. The molecule has 0 spiro atoms. The molecule has 9 heteroatoms. The van der Waals surface area contributed by atoms with Gasteiger partial charge in [-0.15, -0.1) is 11.8 Å². The zero-order chi connectivity index (χ0) is 13.8. The number of nitrogens with one attached hydrogen (secondary N) is 3. The minimum absolute atomic E-state index is 0.0770. The Bertz CT molecular complexity index is 424. The molecule has 1 heterocycles. The average molecular weight is 286 g/mol. The van der Waals surface area contributed by atoms with Crippen molar-refractivity contribution in [3.63, 3.8) is 0 Å². The quantitative estimate of drug-likeness (QED) is 0.409. The fourth-order valence-corrected chi connectivity index (χ4v) is 2.32. The van der Waals surface area contributed by atoms with Gasteiger partial charge in [0.05, 0.1) is 11.6 Å². The first kappa shape index (κ1) is 13.7. The Labute approximate surface area is 113 Å². The van der Waals surface area contributed by atoms with E-state index in [0.29, 0.717) is 11.6 Å². The van der Waals surface area contributed by atoms with Gasteiger partial charge in [0.25, 0.3) is 5.91 Å². The summed E-state index contributed by atoms with van der Waals surface area (Å²) in [5.41, 5.74) is 4.11. The maximum atomic E-state index is 11.4. The van der Waals surface area contributed by atoms with Crippen LogP contribution >= 0.6 is 11.8 Å². The Morgan fingerprint density at radius 1 is 1.21 bits per heavy atom. The lowest BCUT2D eigenvalue weighted by molar-refractivity contribution is -0.141. The van der Waals surface area contributed by atoms with Crippen LogP contribution in [0, 0.1) is 0 Å². The molecule has 0 unspecified atom stereocenters. The van der Waals surface area contributed by atoms with Crippen molar-refractivity contribution >= 4 is 35.4 Å². The number of carbonyl (C=O) groups is 4. The molecule has 2 fully saturated rings. The van der Waals surface area contributed by atoms with Gasteiger partial charge in [0.1, 0.15) is 6.54 Å². The number of thioether (sulfide) groups is 1. The summed E-state index contributed by atoms with van der Waals surface area (Å²) in [6, 6.07) is 0.0770. The molecule has 19 heavy (non-hydrogen) atoms. The number of amides is 4. The van der Waals surface area contributed by atoms with Gasteiger partial charge in [0.15, 0.2) is 0 Å². The lowest BCUT2D eigenvalue weighted by Crippen LogP contribution is -2.51. The van der Waals surface area contributed by atoms with E-state index in [2.05, 4.69) is 10.7 Å². The van der Waals surface area contributed by atoms with Gasteiger partial charge in [-0.2, -0.15) is 0 Å². The van der Waals surface area contributed by atoms with Crippen molar-refractivity contribution in [3.05, 3.63) is 0 Å². The van der Waals surface area contributed by atoms with Crippen LogP contribution in [0.4, 0.5) is 0 Å². The summed E-state index contributed by atoms with van der Waals surface area (Å²) >= 11 is 1.42. The summed E-state index contributed by atoms with van der Waals surface area (Å²) in [5, 5.41) is 2.49. The molecule has 1 aliphatic carbocycles. The van der Waals surface area contributed by atoms with Gasteiger partial charge in [-0.25, -0.2) is 0 Å². The molecule has 1 saturated heterocycles. The zero-order valence-corrected chi connectivity index (χ0v) is 10.9. The summed E-state index contributed by atoms with van der Waals surface area (Å²) in [5.74, 6) is -1.51. The number of hydrogen-bond donors (Lipinski definition) is 3. The summed E-state index contributed by atoms with van der Waals surface area (Å²) in [7, 11) is 0. The number of nitrogens with zero attached hydrogens (tertiary/aromatic N) is 1. The maximum absolute atomic E-state index is 11.4. The van der Waals surface area contributed by atoms with E-state index in [0.717, 1.165) is 12.8 Å². The van der Waals surface area contributed by atoms with Crippen LogP contribution in [0.25, 0.3) is 0 Å². The first-order valence-corrected chi connectivity index (χ1v) is 6.97. The zero-order valence-electron chi connectivity index (χ0n) is 10.1. The molecule has 0 radical (unpaired) electrons. The molecule has 1 aliphatic heterocycles. The van der Waals surface area contributed by atoms with Crippen LogP contribution in [0.1, 0.15) is 12.8 Å². The highest BCUT2D eigenvalue weighted by molar-refractivity contribution is 8.00. The molecular weight excluding hydrogens is 272 g/mol. The summed E-state index contributed by atoms with van der Waals surface area (Å²) < 4.78 is 0. The summed E-state index contributed by atoms with van der Waals surface area (Å²) in [6.07, 6.45) is 1.75. The third-order valence-corrected chi connectivity index (χ3v) is 3.54. The molecule has 0 aromatic rings. The molecule has 2 aliphatic rings. The van der Waals surface area contributed by atoms with Gasteiger partial charge in [-0.3, -0.25) is 30.0 Å². The molecule has 8 nitrogen and oxygen atoms in total. The van der Waals surface area contributed by atoms with Crippen molar-refractivity contribution in [2.75, 3.05) is 18.2 Å². The maximum Gasteiger partial charge on any atom is 0.327 e. The van der Waals surface area contributed by atoms with Gasteiger partial charge >= 0.3 is 11.8 Å². The SMILES string of the molecule is O=C(CN1CSCC1=O)NNC(=O)C(=O)NC1CC1. The first-order valence-electron chi connectivity index (χ1n) is 5.81. The molecule has 3 N–H and O–H groups in total. The van der Waals surface area contributed by atoms with Gasteiger partial charge in [0.2, 0.25) is 5.91 Å². The lowest BCUT2D eigenvalue weighted by Gasteiger charge is -2.14. The van der Waals surface area contributed by atoms with Crippen LogP contribution in [-0.4, -0.2) is 52.7 Å². The van der Waals surface area contributed by atoms with E-state index in [1.165, 1.54) is 16.7 Å². The Hall–Kier alpha value is -1.77. The topological polar surface area (TPSA) is 108 Å². The molecular formula is C10H14N4O4S. The lowest BCUT2D eigenvalue weighted by atomic mass is 10.5. The third kappa shape index (κ3) is 4.12. The molecule has 104 valence electrons. The fourth-order valence-electron chi connectivity index (χ4n) is 1.41. The van der Waals surface area contributed by atoms with Gasteiger partial charge < -0.3 is 10.2 Å². The standard InChI is InChI=1S/C10H14N4O4S/c15-7(3-14-5-19-4-8(14)16)12-13-10(18)9(17)11-6-1-2-6/h6H,1-5H2,(H,11,17)(H,12,15)(H,13,18). The van der Waals surface area contributed by atoms with Crippen molar-refractivity contribution in [1.29, 1.82) is 0 Å². The number of carbonyl (C=O) groups excluding carboxylic acids is 4. The Kier molecular flexibility index (Phi) is 4.25. The molecule has 4 amide bonds. The van der Waals surface area contributed by atoms with Gasteiger partial charge in [-0.1, -0.05) is 0 Å². The van der Waals surface area contributed by atoms with Crippen LogP contribution < -0.4 is 16.2 Å². The predicted octanol–water partition coefficient (Wildman–Crippen LogP) is -2.05. The van der Waals surface area contributed by atoms with E-state index >= 15 is 0 Å². The van der Waals surface area contributed by atoms with Crippen molar-refractivity contribution in [2.45, 2.75) is 18.9 Å². The van der Waals surface area contributed by atoms with E-state index in [4.69, 9.17) is 0 Å². The Morgan fingerprint density at radius 2 is 1.95 bits per heavy atom. The second kappa shape index (κ2) is 5.91. The first-order chi connectivity index (χ1) is 9.06. The summed E-state index contributed by atoms with van der Waals surface area (Å²) in [4.78, 5) is 46.6. The smallest absolute Gasteiger partial charge is 0.327 e. The van der Waals surface area contributed by atoms with E-state index in [1.54, 1.807) is 0 Å². The van der Waals surface area contributed by atoms with E-state index < -0.39 is 17.7 Å².